The van der Waals surface area contributed by atoms with Gasteiger partial charge in [0.2, 0.25) is 0 Å². The van der Waals surface area contributed by atoms with Crippen LogP contribution in [0.25, 0.3) is 0 Å². The Hall–Kier alpha value is 0.700. The summed E-state index contributed by atoms with van der Waals surface area (Å²) in [6.07, 6.45) is 18.8. The third-order valence-electron chi connectivity index (χ3n) is 3.45. The van der Waals surface area contributed by atoms with E-state index in [9.17, 15) is 0 Å². The quantitative estimate of drug-likeness (QED) is 0.214. The van der Waals surface area contributed by atoms with E-state index in [1.54, 1.807) is 0 Å². The van der Waals surface area contributed by atoms with E-state index in [4.69, 9.17) is 0 Å². The Morgan fingerprint density at radius 1 is 0.421 bits per heavy atom. The monoisotopic (exact) mass is 304 g/mol. The smallest absolute Gasteiger partial charge is 0.00369 e. The lowest BCUT2D eigenvalue weighted by Gasteiger charge is -2.03. The second-order valence-corrected chi connectivity index (χ2v) is 8.24. The average molecular weight is 305 g/mol. The highest BCUT2D eigenvalue weighted by atomic mass is 33.1. The van der Waals surface area contributed by atoms with Crippen LogP contribution < -0.4 is 0 Å². The molecule has 0 heterocycles. The molecule has 0 amide bonds. The van der Waals surface area contributed by atoms with Crippen LogP contribution in [-0.2, 0) is 0 Å². The van der Waals surface area contributed by atoms with Gasteiger partial charge in [-0.2, -0.15) is 0 Å². The topological polar surface area (TPSA) is 0 Å². The van der Waals surface area contributed by atoms with Crippen LogP contribution in [0.4, 0.5) is 0 Å². The van der Waals surface area contributed by atoms with Crippen molar-refractivity contribution in [1.82, 2.24) is 0 Å². The van der Waals surface area contributed by atoms with Crippen LogP contribution in [-0.4, -0.2) is 11.5 Å². The molecule has 0 fully saturated rings. The summed E-state index contributed by atoms with van der Waals surface area (Å²) >= 11 is 0. The summed E-state index contributed by atoms with van der Waals surface area (Å²) in [6, 6.07) is 0. The molecule has 0 saturated carbocycles. The summed E-state index contributed by atoms with van der Waals surface area (Å²) in [4.78, 5) is 0. The van der Waals surface area contributed by atoms with Gasteiger partial charge in [0.05, 0.1) is 0 Å². The van der Waals surface area contributed by atoms with Gasteiger partial charge in [-0.3, -0.25) is 0 Å². The largest absolute Gasteiger partial charge is 0.0942 e. The van der Waals surface area contributed by atoms with E-state index in [1.807, 2.05) is 0 Å². The Morgan fingerprint density at radius 3 is 1.32 bits per heavy atom. The van der Waals surface area contributed by atoms with E-state index in [-0.39, 0.29) is 0 Å². The summed E-state index contributed by atoms with van der Waals surface area (Å²) < 4.78 is 0. The molecule has 0 rings (SSSR count). The van der Waals surface area contributed by atoms with Crippen molar-refractivity contribution in [2.75, 3.05) is 11.5 Å². The minimum Gasteiger partial charge on any atom is -0.0942 e. The van der Waals surface area contributed by atoms with Gasteiger partial charge in [0.25, 0.3) is 0 Å². The van der Waals surface area contributed by atoms with Crippen molar-refractivity contribution < 1.29 is 0 Å². The molecule has 116 valence electrons. The highest BCUT2D eigenvalue weighted by molar-refractivity contribution is 8.76. The molecule has 0 aromatic carbocycles. The molecule has 19 heavy (non-hydrogen) atoms. The molecule has 0 aliphatic heterocycles. The van der Waals surface area contributed by atoms with Crippen molar-refractivity contribution >= 4 is 21.6 Å². The molecule has 0 spiro atoms. The maximum atomic E-state index is 2.29. The zero-order valence-electron chi connectivity index (χ0n) is 13.4. The lowest BCUT2D eigenvalue weighted by molar-refractivity contribution is 0.548. The molecule has 0 unspecified atom stereocenters. The van der Waals surface area contributed by atoms with Gasteiger partial charge in [-0.15, -0.1) is 0 Å². The fourth-order valence-electron chi connectivity index (χ4n) is 2.20. The van der Waals surface area contributed by atoms with Crippen LogP contribution in [0, 0.1) is 0 Å². The first kappa shape index (κ1) is 19.7. The van der Waals surface area contributed by atoms with Gasteiger partial charge in [0.15, 0.2) is 0 Å². The fourth-order valence-corrected chi connectivity index (χ4v) is 4.49. The lowest BCUT2D eigenvalue weighted by atomic mass is 10.1. The molecular weight excluding hydrogens is 268 g/mol. The Morgan fingerprint density at radius 2 is 0.842 bits per heavy atom. The molecule has 0 aliphatic carbocycles. The highest BCUT2D eigenvalue weighted by Gasteiger charge is 1.94. The SMILES string of the molecule is CCCCCCCCCCCCCCSSCCC. The number of rotatable bonds is 16. The van der Waals surface area contributed by atoms with Crippen molar-refractivity contribution in [1.29, 1.82) is 0 Å². The second kappa shape index (κ2) is 18.7. The molecule has 0 aromatic rings. The van der Waals surface area contributed by atoms with Gasteiger partial charge in [-0.1, -0.05) is 106 Å². The summed E-state index contributed by atoms with van der Waals surface area (Å²) in [7, 11) is 4.13. The van der Waals surface area contributed by atoms with Crippen LogP contribution in [0.2, 0.25) is 0 Å². The molecular formula is C17H36S2. The first-order chi connectivity index (χ1) is 9.41. The number of hydrogen-bond donors (Lipinski definition) is 0. The predicted octanol–water partition coefficient (Wildman–Crippen LogP) is 7.48. The third kappa shape index (κ3) is 18.7. The molecule has 0 aliphatic rings. The molecule has 2 heteroatoms. The van der Waals surface area contributed by atoms with Gasteiger partial charge >= 0.3 is 0 Å². The van der Waals surface area contributed by atoms with Crippen molar-refractivity contribution in [3.05, 3.63) is 0 Å². The second-order valence-electron chi connectivity index (χ2n) is 5.53. The maximum absolute atomic E-state index is 2.29. The summed E-state index contributed by atoms with van der Waals surface area (Å²) in [5.74, 6) is 2.69. The average Bonchev–Trinajstić information content (AvgIpc) is 2.43. The minimum atomic E-state index is 1.32. The zero-order valence-corrected chi connectivity index (χ0v) is 15.1. The Labute approximate surface area is 130 Å². The van der Waals surface area contributed by atoms with Crippen molar-refractivity contribution in [3.8, 4) is 0 Å². The van der Waals surface area contributed by atoms with Gasteiger partial charge in [-0.25, -0.2) is 0 Å². The Kier molecular flexibility index (Phi) is 19.4. The maximum Gasteiger partial charge on any atom is 0.00369 e. The van der Waals surface area contributed by atoms with Gasteiger partial charge in [-0.05, 0) is 12.8 Å². The van der Waals surface area contributed by atoms with E-state index in [1.165, 1.54) is 95.0 Å². The molecule has 0 radical (unpaired) electrons. The normalized spacial score (nSPS) is 11.1. The van der Waals surface area contributed by atoms with E-state index in [0.717, 1.165) is 0 Å². The first-order valence-electron chi connectivity index (χ1n) is 8.66. The van der Waals surface area contributed by atoms with Gasteiger partial charge in [0, 0.05) is 11.5 Å². The Balaban J connectivity index is 2.88. The van der Waals surface area contributed by atoms with Crippen molar-refractivity contribution in [3.63, 3.8) is 0 Å². The van der Waals surface area contributed by atoms with Gasteiger partial charge < -0.3 is 0 Å². The van der Waals surface area contributed by atoms with Crippen LogP contribution in [0.15, 0.2) is 0 Å². The number of unbranched alkanes of at least 4 members (excludes halogenated alkanes) is 11. The first-order valence-corrected chi connectivity index (χ1v) is 11.1. The molecule has 0 aromatic heterocycles. The summed E-state index contributed by atoms with van der Waals surface area (Å²) in [6.45, 7) is 4.55. The Bertz CT molecular complexity index is 132. The van der Waals surface area contributed by atoms with E-state index in [0.29, 0.717) is 0 Å². The minimum absolute atomic E-state index is 1.32. The lowest BCUT2D eigenvalue weighted by Crippen LogP contribution is -1.83. The van der Waals surface area contributed by atoms with Crippen molar-refractivity contribution in [2.45, 2.75) is 97.3 Å². The summed E-state index contributed by atoms with van der Waals surface area (Å²) in [5, 5.41) is 0. The van der Waals surface area contributed by atoms with E-state index < -0.39 is 0 Å². The van der Waals surface area contributed by atoms with E-state index >= 15 is 0 Å². The van der Waals surface area contributed by atoms with Crippen molar-refractivity contribution in [2.24, 2.45) is 0 Å². The standard InChI is InChI=1S/C17H36S2/c1-3-5-6-7-8-9-10-11-12-13-14-15-17-19-18-16-4-2/h3-17H2,1-2H3. The number of hydrogen-bond acceptors (Lipinski definition) is 2. The van der Waals surface area contributed by atoms with Gasteiger partial charge in [0.1, 0.15) is 0 Å². The van der Waals surface area contributed by atoms with E-state index in [2.05, 4.69) is 35.4 Å². The third-order valence-corrected chi connectivity index (χ3v) is 6.15. The molecule has 0 atom stereocenters. The summed E-state index contributed by atoms with van der Waals surface area (Å²) in [5.41, 5.74) is 0. The molecule has 0 bridgehead atoms. The van der Waals surface area contributed by atoms with Crippen LogP contribution >= 0.6 is 21.6 Å². The van der Waals surface area contributed by atoms with Crippen LogP contribution in [0.5, 0.6) is 0 Å². The van der Waals surface area contributed by atoms with Crippen LogP contribution in [0.3, 0.4) is 0 Å². The molecule has 0 nitrogen and oxygen atoms in total. The van der Waals surface area contributed by atoms with Crippen LogP contribution in [0.1, 0.15) is 97.3 Å². The zero-order chi connectivity index (χ0) is 14.0. The molecule has 0 saturated heterocycles. The predicted molar refractivity (Wildman–Crippen MR) is 96.3 cm³/mol. The molecule has 0 N–H and O–H groups in total. The highest BCUT2D eigenvalue weighted by Crippen LogP contribution is 2.23. The fraction of sp³-hybridized carbons (Fsp3) is 1.00.